The zero-order chi connectivity index (χ0) is 15.8. The lowest BCUT2D eigenvalue weighted by molar-refractivity contribution is 0.0698. The molecule has 116 valence electrons. The number of nitrogens with one attached hydrogen (secondary N) is 2. The van der Waals surface area contributed by atoms with Gasteiger partial charge in [0, 0.05) is 17.6 Å². The van der Waals surface area contributed by atoms with Crippen molar-refractivity contribution in [1.82, 2.24) is 5.32 Å². The fourth-order valence-electron chi connectivity index (χ4n) is 1.54. The number of carboxylic acid groups (broad SMARTS) is 1. The summed E-state index contributed by atoms with van der Waals surface area (Å²) in [6, 6.07) is 4.20. The van der Waals surface area contributed by atoms with E-state index in [1.807, 2.05) is 13.8 Å². The Morgan fingerprint density at radius 1 is 1.38 bits per heavy atom. The van der Waals surface area contributed by atoms with E-state index in [1.54, 1.807) is 12.1 Å². The molecule has 0 aliphatic heterocycles. The minimum atomic E-state index is -1.10. The number of anilines is 1. The van der Waals surface area contributed by atoms with Crippen LogP contribution in [-0.4, -0.2) is 36.9 Å². The summed E-state index contributed by atoms with van der Waals surface area (Å²) in [7, 11) is 0. The second-order valence-electron chi connectivity index (χ2n) is 4.82. The van der Waals surface area contributed by atoms with Crippen LogP contribution >= 0.6 is 15.9 Å². The van der Waals surface area contributed by atoms with Gasteiger partial charge in [0.05, 0.1) is 17.9 Å². The highest BCUT2D eigenvalue weighted by Crippen LogP contribution is 2.26. The Balaban J connectivity index is 2.50. The molecule has 0 aliphatic carbocycles. The summed E-state index contributed by atoms with van der Waals surface area (Å²) >= 11 is 3.22. The number of aromatic carboxylic acids is 1. The number of benzene rings is 1. The van der Waals surface area contributed by atoms with Crippen LogP contribution in [0, 0.1) is 5.92 Å². The van der Waals surface area contributed by atoms with Gasteiger partial charge in [-0.25, -0.2) is 9.59 Å². The van der Waals surface area contributed by atoms with Gasteiger partial charge in [-0.1, -0.05) is 19.9 Å². The minimum absolute atomic E-state index is 0.0237. The highest BCUT2D eigenvalue weighted by Gasteiger charge is 2.14. The molecule has 1 aromatic rings. The van der Waals surface area contributed by atoms with Crippen molar-refractivity contribution >= 4 is 33.6 Å². The maximum Gasteiger partial charge on any atom is 0.337 e. The van der Waals surface area contributed by atoms with Crippen LogP contribution in [0.25, 0.3) is 0 Å². The molecule has 0 aliphatic rings. The number of rotatable bonds is 7. The van der Waals surface area contributed by atoms with Crippen LogP contribution in [0.5, 0.6) is 0 Å². The van der Waals surface area contributed by atoms with Crippen LogP contribution in [0.15, 0.2) is 22.7 Å². The van der Waals surface area contributed by atoms with Crippen LogP contribution in [-0.2, 0) is 4.74 Å². The van der Waals surface area contributed by atoms with E-state index in [0.717, 1.165) is 0 Å². The summed E-state index contributed by atoms with van der Waals surface area (Å²) in [6.45, 7) is 5.48. The number of ether oxygens (including phenoxy) is 1. The lowest BCUT2D eigenvalue weighted by Gasteiger charge is -2.12. The lowest BCUT2D eigenvalue weighted by Crippen LogP contribution is -2.32. The summed E-state index contributed by atoms with van der Waals surface area (Å²) in [5.41, 5.74) is 0.251. The largest absolute Gasteiger partial charge is 0.478 e. The Labute approximate surface area is 132 Å². The van der Waals surface area contributed by atoms with Gasteiger partial charge in [0.1, 0.15) is 0 Å². The van der Waals surface area contributed by atoms with Crippen molar-refractivity contribution in [2.24, 2.45) is 5.92 Å². The second-order valence-corrected chi connectivity index (χ2v) is 5.67. The smallest absolute Gasteiger partial charge is 0.337 e. The molecule has 0 fully saturated rings. The number of carboxylic acids is 1. The number of hydrogen-bond donors (Lipinski definition) is 3. The standard InChI is InChI=1S/C14H19BrN2O4/c1-9(2)8-21-7-6-16-14(20)17-12-10(13(18)19)4-3-5-11(12)15/h3-5,9H,6-8H2,1-2H3,(H,18,19)(H2,16,17,20). The minimum Gasteiger partial charge on any atom is -0.478 e. The molecule has 0 saturated carbocycles. The Morgan fingerprint density at radius 2 is 2.10 bits per heavy atom. The molecule has 0 spiro atoms. The highest BCUT2D eigenvalue weighted by molar-refractivity contribution is 9.10. The first-order valence-electron chi connectivity index (χ1n) is 6.56. The summed E-state index contributed by atoms with van der Waals surface area (Å²) in [5, 5.41) is 14.2. The molecule has 21 heavy (non-hydrogen) atoms. The van der Waals surface area contributed by atoms with E-state index in [9.17, 15) is 9.59 Å². The van der Waals surface area contributed by atoms with Crippen LogP contribution in [0.4, 0.5) is 10.5 Å². The molecule has 0 atom stereocenters. The third-order valence-electron chi connectivity index (χ3n) is 2.47. The molecule has 0 bridgehead atoms. The number of para-hydroxylation sites is 1. The van der Waals surface area contributed by atoms with Crippen LogP contribution in [0.3, 0.4) is 0 Å². The predicted octanol–water partition coefficient (Wildman–Crippen LogP) is 2.94. The summed E-state index contributed by atoms with van der Waals surface area (Å²) < 4.78 is 5.84. The number of hydrogen-bond acceptors (Lipinski definition) is 3. The molecule has 0 unspecified atom stereocenters. The van der Waals surface area contributed by atoms with Crippen molar-refractivity contribution in [2.45, 2.75) is 13.8 Å². The average Bonchev–Trinajstić information content (AvgIpc) is 2.40. The van der Waals surface area contributed by atoms with Crippen LogP contribution < -0.4 is 10.6 Å². The topological polar surface area (TPSA) is 87.7 Å². The van der Waals surface area contributed by atoms with Crippen LogP contribution in [0.2, 0.25) is 0 Å². The summed E-state index contributed by atoms with van der Waals surface area (Å²) in [6.07, 6.45) is 0. The van der Waals surface area contributed by atoms with Crippen molar-refractivity contribution in [3.05, 3.63) is 28.2 Å². The Bertz CT molecular complexity index is 506. The normalized spacial score (nSPS) is 10.5. The van der Waals surface area contributed by atoms with E-state index in [0.29, 0.717) is 30.1 Å². The molecule has 6 nitrogen and oxygen atoms in total. The zero-order valence-electron chi connectivity index (χ0n) is 12.0. The van der Waals surface area contributed by atoms with Gasteiger partial charge in [0.2, 0.25) is 0 Å². The van der Waals surface area contributed by atoms with Crippen molar-refractivity contribution < 1.29 is 19.4 Å². The molecule has 1 aromatic carbocycles. The third-order valence-corrected chi connectivity index (χ3v) is 3.13. The molecule has 0 aromatic heterocycles. The van der Waals surface area contributed by atoms with E-state index in [-0.39, 0.29) is 11.3 Å². The quantitative estimate of drug-likeness (QED) is 0.654. The fourth-order valence-corrected chi connectivity index (χ4v) is 2.01. The maximum atomic E-state index is 11.7. The molecular weight excluding hydrogens is 340 g/mol. The van der Waals surface area contributed by atoms with Gasteiger partial charge >= 0.3 is 12.0 Å². The third kappa shape index (κ3) is 6.14. The Hall–Kier alpha value is -1.60. The van der Waals surface area contributed by atoms with Crippen molar-refractivity contribution in [1.29, 1.82) is 0 Å². The van der Waals surface area contributed by atoms with Crippen LogP contribution in [0.1, 0.15) is 24.2 Å². The molecule has 7 heteroatoms. The number of carbonyl (C=O) groups excluding carboxylic acids is 1. The van der Waals surface area contributed by atoms with E-state index < -0.39 is 12.0 Å². The highest BCUT2D eigenvalue weighted by atomic mass is 79.9. The Kier molecular flexibility index (Phi) is 7.18. The van der Waals surface area contributed by atoms with E-state index >= 15 is 0 Å². The SMILES string of the molecule is CC(C)COCCNC(=O)Nc1c(Br)cccc1C(=O)O. The van der Waals surface area contributed by atoms with Crippen molar-refractivity contribution in [3.63, 3.8) is 0 Å². The summed E-state index contributed by atoms with van der Waals surface area (Å²) in [4.78, 5) is 22.9. The van der Waals surface area contributed by atoms with Gasteiger partial charge in [0.25, 0.3) is 0 Å². The number of amides is 2. The first kappa shape index (κ1) is 17.5. The molecule has 0 radical (unpaired) electrons. The molecular formula is C14H19BrN2O4. The van der Waals surface area contributed by atoms with Gasteiger partial charge in [0.15, 0.2) is 0 Å². The number of carbonyl (C=O) groups is 2. The molecule has 0 heterocycles. The molecule has 0 saturated heterocycles. The van der Waals surface area contributed by atoms with Crippen molar-refractivity contribution in [3.8, 4) is 0 Å². The van der Waals surface area contributed by atoms with Gasteiger partial charge < -0.3 is 20.5 Å². The first-order chi connectivity index (χ1) is 9.91. The number of urea groups is 1. The van der Waals surface area contributed by atoms with Gasteiger partial charge in [-0.2, -0.15) is 0 Å². The fraction of sp³-hybridized carbons (Fsp3) is 0.429. The second kappa shape index (κ2) is 8.63. The average molecular weight is 359 g/mol. The summed E-state index contributed by atoms with van der Waals surface area (Å²) in [5.74, 6) is -0.663. The lowest BCUT2D eigenvalue weighted by atomic mass is 10.2. The monoisotopic (exact) mass is 358 g/mol. The van der Waals surface area contributed by atoms with Crippen molar-refractivity contribution in [2.75, 3.05) is 25.1 Å². The zero-order valence-corrected chi connectivity index (χ0v) is 13.6. The van der Waals surface area contributed by atoms with Gasteiger partial charge in [-0.3, -0.25) is 0 Å². The molecule has 2 amide bonds. The first-order valence-corrected chi connectivity index (χ1v) is 7.35. The van der Waals surface area contributed by atoms with Gasteiger partial charge in [-0.05, 0) is 34.0 Å². The van der Waals surface area contributed by atoms with E-state index in [4.69, 9.17) is 9.84 Å². The molecule has 3 N–H and O–H groups in total. The van der Waals surface area contributed by atoms with E-state index in [1.165, 1.54) is 6.07 Å². The van der Waals surface area contributed by atoms with E-state index in [2.05, 4.69) is 26.6 Å². The maximum absolute atomic E-state index is 11.7. The molecule has 1 rings (SSSR count). The number of halogens is 1. The Morgan fingerprint density at radius 3 is 2.71 bits per heavy atom. The van der Waals surface area contributed by atoms with Gasteiger partial charge in [-0.15, -0.1) is 0 Å². The predicted molar refractivity (Wildman–Crippen MR) is 83.8 cm³/mol.